The van der Waals surface area contributed by atoms with Gasteiger partial charge < -0.3 is 0 Å². The Bertz CT molecular complexity index is 2740. The topological polar surface area (TPSA) is 25.8 Å². The summed E-state index contributed by atoms with van der Waals surface area (Å²) in [5.74, 6) is 0.733. The zero-order chi connectivity index (χ0) is 32.5. The van der Waals surface area contributed by atoms with Gasteiger partial charge in [-0.25, -0.2) is 9.97 Å². The van der Waals surface area contributed by atoms with E-state index in [1.165, 1.54) is 53.4 Å². The highest BCUT2D eigenvalue weighted by atomic mass is 32.1. The third-order valence-corrected chi connectivity index (χ3v) is 11.6. The van der Waals surface area contributed by atoms with Crippen molar-refractivity contribution in [1.29, 1.82) is 0 Å². The van der Waals surface area contributed by atoms with Gasteiger partial charge in [-0.2, -0.15) is 0 Å². The van der Waals surface area contributed by atoms with Crippen molar-refractivity contribution in [3.63, 3.8) is 0 Å². The van der Waals surface area contributed by atoms with E-state index in [-0.39, 0.29) is 5.41 Å². The van der Waals surface area contributed by atoms with Crippen LogP contribution in [0.1, 0.15) is 23.6 Å². The largest absolute Gasteiger partial charge is 0.228 e. The summed E-state index contributed by atoms with van der Waals surface area (Å²) >= 11 is 1.84. The van der Waals surface area contributed by atoms with E-state index in [0.717, 1.165) is 39.3 Å². The van der Waals surface area contributed by atoms with E-state index < -0.39 is 0 Å². The molecule has 0 bridgehead atoms. The van der Waals surface area contributed by atoms with Gasteiger partial charge >= 0.3 is 0 Å². The Balaban J connectivity index is 1.23. The SMILES string of the molecule is CC1(c2ccccc2)c2ccccc2-c2ccc(-c3cc(-c4cccc5c4sc4ccccc45)nc(-c4cccc5ccccc45)n3)cc21. The van der Waals surface area contributed by atoms with Gasteiger partial charge in [-0.1, -0.05) is 146 Å². The second-order valence-electron chi connectivity index (χ2n) is 13.1. The van der Waals surface area contributed by atoms with Crippen LogP contribution in [0.25, 0.3) is 76.0 Å². The van der Waals surface area contributed by atoms with Crippen LogP contribution in [0.3, 0.4) is 0 Å². The third kappa shape index (κ3) is 4.26. The number of nitrogens with zero attached hydrogens (tertiary/aromatic N) is 2. The average Bonchev–Trinajstić information content (AvgIpc) is 3.68. The van der Waals surface area contributed by atoms with Crippen molar-refractivity contribution < 1.29 is 0 Å². The van der Waals surface area contributed by atoms with Gasteiger partial charge in [-0.15, -0.1) is 11.3 Å². The van der Waals surface area contributed by atoms with Gasteiger partial charge in [0, 0.05) is 42.3 Å². The number of rotatable bonds is 4. The van der Waals surface area contributed by atoms with Crippen LogP contribution in [0.4, 0.5) is 0 Å². The third-order valence-electron chi connectivity index (χ3n) is 10.4. The molecule has 1 aliphatic rings. The Kier molecular flexibility index (Phi) is 6.21. The van der Waals surface area contributed by atoms with E-state index in [4.69, 9.17) is 9.97 Å². The molecule has 0 saturated carbocycles. The van der Waals surface area contributed by atoms with Gasteiger partial charge in [0.25, 0.3) is 0 Å². The molecule has 0 saturated heterocycles. The van der Waals surface area contributed by atoms with Crippen molar-refractivity contribution >= 4 is 42.3 Å². The van der Waals surface area contributed by atoms with Crippen molar-refractivity contribution in [2.75, 3.05) is 0 Å². The molecule has 3 heteroatoms. The maximum Gasteiger partial charge on any atom is 0.161 e. The molecule has 1 unspecified atom stereocenters. The first-order valence-corrected chi connectivity index (χ1v) is 17.6. The molecular weight excluding hydrogens is 613 g/mol. The van der Waals surface area contributed by atoms with Crippen LogP contribution in [0.5, 0.6) is 0 Å². The van der Waals surface area contributed by atoms with E-state index in [1.54, 1.807) is 0 Å². The molecule has 1 atom stereocenters. The number of fused-ring (bicyclic) bond motifs is 7. The number of hydrogen-bond donors (Lipinski definition) is 0. The minimum atomic E-state index is -0.291. The summed E-state index contributed by atoms with van der Waals surface area (Å²) in [5.41, 5.74) is 11.3. The van der Waals surface area contributed by atoms with Gasteiger partial charge in [0.1, 0.15) is 0 Å². The lowest BCUT2D eigenvalue weighted by Gasteiger charge is -2.28. The molecule has 0 radical (unpaired) electrons. The molecule has 2 aromatic heterocycles. The summed E-state index contributed by atoms with van der Waals surface area (Å²) in [4.78, 5) is 10.7. The molecule has 49 heavy (non-hydrogen) atoms. The standard InChI is InChI=1S/C46H30N2S/c1-46(31-15-3-2-4-16-31)39-23-9-7-18-33(39)34-26-25-30(27-40(34)46)41-28-42(38-22-12-20-36-35-19-8-10-24-43(35)49-44(36)38)48-45(47-41)37-21-11-14-29-13-5-6-17-32(29)37/h2-28H,1H3. The van der Waals surface area contributed by atoms with Crippen molar-refractivity contribution in [3.05, 3.63) is 180 Å². The number of aromatic nitrogens is 2. The molecule has 7 aromatic carbocycles. The molecular formula is C46H30N2S. The summed E-state index contributed by atoms with van der Waals surface area (Å²) in [6, 6.07) is 59.1. The first kappa shape index (κ1) is 28.1. The molecule has 0 N–H and O–H groups in total. The molecule has 1 aliphatic carbocycles. The van der Waals surface area contributed by atoms with Crippen molar-refractivity contribution in [3.8, 4) is 45.0 Å². The Hall–Kier alpha value is -5.90. The second-order valence-corrected chi connectivity index (χ2v) is 14.1. The molecule has 230 valence electrons. The Labute approximate surface area is 289 Å². The van der Waals surface area contributed by atoms with E-state index in [9.17, 15) is 0 Å². The summed E-state index contributed by atoms with van der Waals surface area (Å²) in [6.45, 7) is 2.37. The number of benzene rings is 7. The summed E-state index contributed by atoms with van der Waals surface area (Å²) in [6.07, 6.45) is 0. The number of hydrogen-bond acceptors (Lipinski definition) is 3. The minimum Gasteiger partial charge on any atom is -0.228 e. The monoisotopic (exact) mass is 642 g/mol. The van der Waals surface area contributed by atoms with Crippen LogP contribution >= 0.6 is 11.3 Å². The maximum atomic E-state index is 5.36. The molecule has 0 spiro atoms. The first-order chi connectivity index (χ1) is 24.2. The van der Waals surface area contributed by atoms with Crippen LogP contribution in [0.2, 0.25) is 0 Å². The van der Waals surface area contributed by atoms with Gasteiger partial charge in [0.05, 0.1) is 11.4 Å². The van der Waals surface area contributed by atoms with Crippen molar-refractivity contribution in [2.45, 2.75) is 12.3 Å². The van der Waals surface area contributed by atoms with Crippen LogP contribution < -0.4 is 0 Å². The van der Waals surface area contributed by atoms with Crippen LogP contribution in [0.15, 0.2) is 164 Å². The summed E-state index contributed by atoms with van der Waals surface area (Å²) in [5, 5.41) is 4.87. The van der Waals surface area contributed by atoms with Gasteiger partial charge in [0.15, 0.2) is 5.82 Å². The van der Waals surface area contributed by atoms with Crippen LogP contribution in [0, 0.1) is 0 Å². The fourth-order valence-corrected chi connectivity index (χ4v) is 9.18. The lowest BCUT2D eigenvalue weighted by atomic mass is 9.74. The van der Waals surface area contributed by atoms with Crippen LogP contribution in [-0.2, 0) is 5.41 Å². The molecule has 2 heterocycles. The highest BCUT2D eigenvalue weighted by Gasteiger charge is 2.40. The van der Waals surface area contributed by atoms with Crippen LogP contribution in [-0.4, -0.2) is 9.97 Å². The Morgan fingerprint density at radius 1 is 0.469 bits per heavy atom. The lowest BCUT2D eigenvalue weighted by molar-refractivity contribution is 0.714. The van der Waals surface area contributed by atoms with E-state index >= 15 is 0 Å². The molecule has 0 fully saturated rings. The fourth-order valence-electron chi connectivity index (χ4n) is 7.96. The van der Waals surface area contributed by atoms with E-state index in [1.807, 2.05) is 11.3 Å². The highest BCUT2D eigenvalue weighted by Crippen LogP contribution is 2.53. The van der Waals surface area contributed by atoms with Gasteiger partial charge in [-0.3, -0.25) is 0 Å². The number of thiophene rings is 1. The quantitative estimate of drug-likeness (QED) is 0.191. The molecule has 10 rings (SSSR count). The highest BCUT2D eigenvalue weighted by molar-refractivity contribution is 7.26. The predicted molar refractivity (Wildman–Crippen MR) is 206 cm³/mol. The first-order valence-electron chi connectivity index (χ1n) is 16.7. The zero-order valence-electron chi connectivity index (χ0n) is 26.9. The van der Waals surface area contributed by atoms with E-state index in [0.29, 0.717) is 0 Å². The Morgan fingerprint density at radius 2 is 1.12 bits per heavy atom. The zero-order valence-corrected chi connectivity index (χ0v) is 27.7. The molecule has 9 aromatic rings. The Morgan fingerprint density at radius 3 is 2.04 bits per heavy atom. The van der Waals surface area contributed by atoms with E-state index in [2.05, 4.69) is 171 Å². The average molecular weight is 643 g/mol. The molecule has 2 nitrogen and oxygen atoms in total. The smallest absolute Gasteiger partial charge is 0.161 e. The van der Waals surface area contributed by atoms with Gasteiger partial charge in [0.2, 0.25) is 0 Å². The predicted octanol–water partition coefficient (Wildman–Crippen LogP) is 12.3. The summed E-state index contributed by atoms with van der Waals surface area (Å²) < 4.78 is 2.53. The minimum absolute atomic E-state index is 0.291. The van der Waals surface area contributed by atoms with Crippen molar-refractivity contribution in [1.82, 2.24) is 9.97 Å². The second kappa shape index (κ2) is 10.8. The van der Waals surface area contributed by atoms with Crippen molar-refractivity contribution in [2.24, 2.45) is 0 Å². The molecule has 0 amide bonds. The lowest BCUT2D eigenvalue weighted by Crippen LogP contribution is -2.22. The van der Waals surface area contributed by atoms with Gasteiger partial charge in [-0.05, 0) is 63.7 Å². The normalized spacial score (nSPS) is 15.1. The molecule has 0 aliphatic heterocycles. The maximum absolute atomic E-state index is 5.36. The summed E-state index contributed by atoms with van der Waals surface area (Å²) in [7, 11) is 0. The fraction of sp³-hybridized carbons (Fsp3) is 0.0435.